The fourth-order valence-corrected chi connectivity index (χ4v) is 3.72. The van der Waals surface area contributed by atoms with Crippen LogP contribution in [0.4, 0.5) is 5.69 Å². The number of hydrogen-bond acceptors (Lipinski definition) is 2. The maximum absolute atomic E-state index is 12.3. The molecule has 4 aromatic rings. The molecule has 0 atom stereocenters. The molecule has 5 heteroatoms. The smallest absolute Gasteiger partial charge is 0.253 e. The van der Waals surface area contributed by atoms with Crippen LogP contribution in [0.5, 0.6) is 0 Å². The van der Waals surface area contributed by atoms with Crippen molar-refractivity contribution >= 4 is 39.1 Å². The summed E-state index contributed by atoms with van der Waals surface area (Å²) in [4.78, 5) is 18.6. The first-order valence-electron chi connectivity index (χ1n) is 8.84. The van der Waals surface area contributed by atoms with E-state index in [2.05, 4.69) is 33.6 Å². The zero-order chi connectivity index (χ0) is 17.7. The third kappa shape index (κ3) is 2.76. The fraction of sp³-hybridized carbons (Fsp3) is 0.190. The van der Waals surface area contributed by atoms with Crippen molar-refractivity contribution in [1.29, 1.82) is 0 Å². The minimum absolute atomic E-state index is 0.0753. The molecule has 2 aromatic heterocycles. The van der Waals surface area contributed by atoms with E-state index >= 15 is 0 Å². The Morgan fingerprint density at radius 2 is 1.92 bits per heavy atom. The maximum atomic E-state index is 12.3. The van der Waals surface area contributed by atoms with Crippen molar-refractivity contribution in [2.24, 2.45) is 0 Å². The normalized spacial score (nSPS) is 14.2. The third-order valence-electron chi connectivity index (χ3n) is 5.10. The molecule has 1 aliphatic carbocycles. The summed E-state index contributed by atoms with van der Waals surface area (Å²) in [5.41, 5.74) is 5.00. The number of rotatable bonds is 4. The lowest BCUT2D eigenvalue weighted by atomic mass is 10.1. The van der Waals surface area contributed by atoms with Crippen LogP contribution in [0.3, 0.4) is 0 Å². The van der Waals surface area contributed by atoms with Crippen molar-refractivity contribution < 1.29 is 0 Å². The van der Waals surface area contributed by atoms with Gasteiger partial charge in [0.1, 0.15) is 0 Å². The van der Waals surface area contributed by atoms with Crippen LogP contribution >= 0.6 is 11.6 Å². The maximum Gasteiger partial charge on any atom is 0.253 e. The first kappa shape index (κ1) is 15.5. The van der Waals surface area contributed by atoms with Crippen molar-refractivity contribution in [3.05, 3.63) is 75.2 Å². The zero-order valence-corrected chi connectivity index (χ0v) is 14.9. The molecule has 4 nitrogen and oxygen atoms in total. The van der Waals surface area contributed by atoms with Crippen molar-refractivity contribution in [3.8, 4) is 0 Å². The molecule has 5 rings (SSSR count). The van der Waals surface area contributed by atoms with Gasteiger partial charge >= 0.3 is 0 Å². The number of fused-ring (bicyclic) bond motifs is 2. The molecule has 0 spiro atoms. The first-order chi connectivity index (χ1) is 12.7. The highest BCUT2D eigenvalue weighted by molar-refractivity contribution is 6.31. The Bertz CT molecular complexity index is 1190. The minimum Gasteiger partial charge on any atom is -0.381 e. The van der Waals surface area contributed by atoms with Gasteiger partial charge in [0, 0.05) is 50.8 Å². The second-order valence-electron chi connectivity index (χ2n) is 6.99. The summed E-state index contributed by atoms with van der Waals surface area (Å²) < 4.78 is 0. The Kier molecular flexibility index (Phi) is 3.54. The Balaban J connectivity index is 1.44. The molecule has 2 heterocycles. The monoisotopic (exact) mass is 363 g/mol. The summed E-state index contributed by atoms with van der Waals surface area (Å²) in [7, 11) is 0. The summed E-state index contributed by atoms with van der Waals surface area (Å²) >= 11 is 6.06. The van der Waals surface area contributed by atoms with Crippen LogP contribution in [0.15, 0.2) is 53.5 Å². The standard InChI is InChI=1S/C21H18ClN3O/c22-15-3-5-19-13(8-15)7-14(21(26)25-19)10-23-16-4-6-20-17(9-16)18(11-24-20)12-1-2-12/h3-9,11-12,23-24H,1-2,10H2,(H,25,26). The predicted molar refractivity (Wildman–Crippen MR) is 107 cm³/mol. The van der Waals surface area contributed by atoms with Gasteiger partial charge in [-0.05, 0) is 66.8 Å². The Hall–Kier alpha value is -2.72. The number of hydrogen-bond donors (Lipinski definition) is 3. The lowest BCUT2D eigenvalue weighted by Crippen LogP contribution is -2.15. The Labute approximate surface area is 155 Å². The van der Waals surface area contributed by atoms with Crippen molar-refractivity contribution in [2.75, 3.05) is 5.32 Å². The van der Waals surface area contributed by atoms with E-state index in [-0.39, 0.29) is 5.56 Å². The van der Waals surface area contributed by atoms with E-state index in [1.807, 2.05) is 24.3 Å². The van der Waals surface area contributed by atoms with Crippen molar-refractivity contribution in [3.63, 3.8) is 0 Å². The van der Waals surface area contributed by atoms with E-state index in [1.54, 1.807) is 6.07 Å². The highest BCUT2D eigenvalue weighted by atomic mass is 35.5. The molecule has 1 aliphatic rings. The molecule has 0 bridgehead atoms. The van der Waals surface area contributed by atoms with Crippen LogP contribution < -0.4 is 10.9 Å². The molecule has 130 valence electrons. The van der Waals surface area contributed by atoms with Gasteiger partial charge in [0.2, 0.25) is 0 Å². The van der Waals surface area contributed by atoms with Gasteiger partial charge < -0.3 is 15.3 Å². The SMILES string of the molecule is O=c1[nH]c2ccc(Cl)cc2cc1CNc1ccc2[nH]cc(C3CC3)c2c1. The molecule has 26 heavy (non-hydrogen) atoms. The molecular weight excluding hydrogens is 346 g/mol. The lowest BCUT2D eigenvalue weighted by molar-refractivity contribution is 1.09. The molecule has 1 saturated carbocycles. The van der Waals surface area contributed by atoms with E-state index < -0.39 is 0 Å². The van der Waals surface area contributed by atoms with Crippen molar-refractivity contribution in [2.45, 2.75) is 25.3 Å². The number of aromatic amines is 2. The van der Waals surface area contributed by atoms with E-state index in [0.29, 0.717) is 23.0 Å². The molecule has 1 fully saturated rings. The van der Waals surface area contributed by atoms with E-state index in [0.717, 1.165) is 22.1 Å². The average molecular weight is 364 g/mol. The molecule has 3 N–H and O–H groups in total. The molecular formula is C21H18ClN3O. The molecule has 0 amide bonds. The van der Waals surface area contributed by atoms with Crippen LogP contribution in [-0.4, -0.2) is 9.97 Å². The predicted octanol–water partition coefficient (Wildman–Crippen LogP) is 5.15. The Morgan fingerprint density at radius 1 is 1.08 bits per heavy atom. The number of pyridine rings is 1. The second kappa shape index (κ2) is 5.92. The molecule has 0 unspecified atom stereocenters. The van der Waals surface area contributed by atoms with Gasteiger partial charge in [0.05, 0.1) is 0 Å². The average Bonchev–Trinajstić information content (AvgIpc) is 3.39. The van der Waals surface area contributed by atoms with Gasteiger partial charge in [-0.3, -0.25) is 4.79 Å². The minimum atomic E-state index is -0.0753. The van der Waals surface area contributed by atoms with Gasteiger partial charge in [-0.1, -0.05) is 11.6 Å². The highest BCUT2D eigenvalue weighted by Crippen LogP contribution is 2.43. The van der Waals surface area contributed by atoms with Gasteiger partial charge in [0.15, 0.2) is 0 Å². The van der Waals surface area contributed by atoms with Gasteiger partial charge in [0.25, 0.3) is 5.56 Å². The van der Waals surface area contributed by atoms with Crippen LogP contribution in [-0.2, 0) is 6.54 Å². The van der Waals surface area contributed by atoms with E-state index in [1.165, 1.54) is 23.8 Å². The number of anilines is 1. The molecule has 0 aliphatic heterocycles. The Morgan fingerprint density at radius 3 is 2.77 bits per heavy atom. The summed E-state index contributed by atoms with van der Waals surface area (Å²) in [5, 5.41) is 6.25. The van der Waals surface area contributed by atoms with Crippen LogP contribution in [0.2, 0.25) is 5.02 Å². The number of aromatic nitrogens is 2. The summed E-state index contributed by atoms with van der Waals surface area (Å²) in [6.45, 7) is 0.465. The fourth-order valence-electron chi connectivity index (χ4n) is 3.54. The molecule has 2 aromatic carbocycles. The van der Waals surface area contributed by atoms with E-state index in [9.17, 15) is 4.79 Å². The van der Waals surface area contributed by atoms with Crippen LogP contribution in [0.25, 0.3) is 21.8 Å². The van der Waals surface area contributed by atoms with Crippen LogP contribution in [0, 0.1) is 0 Å². The first-order valence-corrected chi connectivity index (χ1v) is 9.21. The van der Waals surface area contributed by atoms with Gasteiger partial charge in [-0.25, -0.2) is 0 Å². The number of H-pyrrole nitrogens is 2. The molecule has 0 radical (unpaired) electrons. The van der Waals surface area contributed by atoms with Crippen LogP contribution in [0.1, 0.15) is 29.9 Å². The summed E-state index contributed by atoms with van der Waals surface area (Å²) in [5.74, 6) is 0.701. The third-order valence-corrected chi connectivity index (χ3v) is 5.33. The van der Waals surface area contributed by atoms with Crippen molar-refractivity contribution in [1.82, 2.24) is 9.97 Å². The van der Waals surface area contributed by atoms with E-state index in [4.69, 9.17) is 11.6 Å². The number of halogens is 1. The number of nitrogens with one attached hydrogen (secondary N) is 3. The van der Waals surface area contributed by atoms with Gasteiger partial charge in [-0.15, -0.1) is 0 Å². The summed E-state index contributed by atoms with van der Waals surface area (Å²) in [6, 6.07) is 13.7. The zero-order valence-electron chi connectivity index (χ0n) is 14.1. The molecule has 0 saturated heterocycles. The van der Waals surface area contributed by atoms with Gasteiger partial charge in [-0.2, -0.15) is 0 Å². The topological polar surface area (TPSA) is 60.7 Å². The summed E-state index contributed by atoms with van der Waals surface area (Å²) in [6.07, 6.45) is 4.68. The lowest BCUT2D eigenvalue weighted by Gasteiger charge is -2.08. The number of benzene rings is 2. The second-order valence-corrected chi connectivity index (χ2v) is 7.42. The highest BCUT2D eigenvalue weighted by Gasteiger charge is 2.26. The quantitative estimate of drug-likeness (QED) is 0.469. The largest absolute Gasteiger partial charge is 0.381 e.